The van der Waals surface area contributed by atoms with Crippen molar-refractivity contribution < 1.29 is 35.3 Å². The number of pyridine rings is 1. The van der Waals surface area contributed by atoms with Crippen LogP contribution >= 0.6 is 0 Å². The molecule has 8 heteroatoms. The Morgan fingerprint density at radius 2 is 1.46 bits per heavy atom. The molecule has 0 aliphatic rings. The van der Waals surface area contributed by atoms with Crippen molar-refractivity contribution in [2.24, 2.45) is 0 Å². The molecule has 0 saturated carbocycles. The maximum absolute atomic E-state index is 6.41. The summed E-state index contributed by atoms with van der Waals surface area (Å²) >= 11 is 0. The first-order valence-electron chi connectivity index (χ1n) is 16.0. The summed E-state index contributed by atoms with van der Waals surface area (Å²) in [5, 5.41) is 6.89. The van der Waals surface area contributed by atoms with Gasteiger partial charge in [-0.3, -0.25) is 4.68 Å². The largest absolute Gasteiger partial charge is 2.00 e. The molecule has 3 heterocycles. The third-order valence-electron chi connectivity index (χ3n) is 8.55. The SMILES string of the molecule is COc1cc(Oc2[c-]c3c(cc2)c2ccccc2n3-c2cc(C)ccn2)[c-]c(-n2cc(-c3c(C)cc(Oc4ccccc4)cc3C)cn2)c1.[Pt+2]. The van der Waals surface area contributed by atoms with Gasteiger partial charge < -0.3 is 18.8 Å². The average molecular weight is 836 g/mol. The Morgan fingerprint density at radius 3 is 2.24 bits per heavy atom. The van der Waals surface area contributed by atoms with Gasteiger partial charge in [-0.2, -0.15) is 11.2 Å². The molecule has 0 saturated heterocycles. The van der Waals surface area contributed by atoms with Crippen molar-refractivity contribution in [3.05, 3.63) is 151 Å². The van der Waals surface area contributed by atoms with Crippen LogP contribution in [0.5, 0.6) is 28.7 Å². The number of benzene rings is 5. The van der Waals surface area contributed by atoms with Crippen molar-refractivity contribution in [1.29, 1.82) is 0 Å². The molecule has 0 unspecified atom stereocenters. The molecule has 0 fully saturated rings. The van der Waals surface area contributed by atoms with E-state index >= 15 is 0 Å². The monoisotopic (exact) mass is 835 g/mol. The molecule has 0 aliphatic carbocycles. The fourth-order valence-electron chi connectivity index (χ4n) is 6.38. The number of ether oxygens (including phenoxy) is 3. The number of nitrogens with zero attached hydrogens (tertiary/aromatic N) is 4. The molecule has 8 aromatic rings. The van der Waals surface area contributed by atoms with E-state index in [0.717, 1.165) is 66.9 Å². The molecule has 0 spiro atoms. The molecular formula is C42H32N4O3Pt. The van der Waals surface area contributed by atoms with Gasteiger partial charge in [-0.05, 0) is 96.6 Å². The molecule has 0 amide bonds. The number of fused-ring (bicyclic) bond motifs is 3. The number of hydrogen-bond donors (Lipinski definition) is 0. The van der Waals surface area contributed by atoms with E-state index in [2.05, 4.69) is 78.9 Å². The normalized spacial score (nSPS) is 11.0. The summed E-state index contributed by atoms with van der Waals surface area (Å²) < 4.78 is 22.1. The van der Waals surface area contributed by atoms with Crippen LogP contribution in [0.3, 0.4) is 0 Å². The number of rotatable bonds is 8. The van der Waals surface area contributed by atoms with Gasteiger partial charge >= 0.3 is 21.1 Å². The quantitative estimate of drug-likeness (QED) is 0.143. The summed E-state index contributed by atoms with van der Waals surface area (Å²) in [6, 6.07) is 40.9. The van der Waals surface area contributed by atoms with Gasteiger partial charge in [0.15, 0.2) is 0 Å². The molecule has 8 rings (SSSR count). The summed E-state index contributed by atoms with van der Waals surface area (Å²) in [7, 11) is 1.63. The summed E-state index contributed by atoms with van der Waals surface area (Å²) in [5.41, 5.74) is 8.01. The predicted octanol–water partition coefficient (Wildman–Crippen LogP) is 10.1. The summed E-state index contributed by atoms with van der Waals surface area (Å²) in [4.78, 5) is 4.68. The first-order chi connectivity index (χ1) is 23.9. The Balaban J connectivity index is 0.00000392. The van der Waals surface area contributed by atoms with Gasteiger partial charge in [0.05, 0.1) is 13.3 Å². The third-order valence-corrected chi connectivity index (χ3v) is 8.55. The van der Waals surface area contributed by atoms with Gasteiger partial charge in [0.1, 0.15) is 17.3 Å². The van der Waals surface area contributed by atoms with Crippen LogP contribution in [0.25, 0.3) is 44.4 Å². The topological polar surface area (TPSA) is 63.3 Å². The zero-order valence-electron chi connectivity index (χ0n) is 27.9. The van der Waals surface area contributed by atoms with Crippen LogP contribution in [0.2, 0.25) is 0 Å². The van der Waals surface area contributed by atoms with Crippen molar-refractivity contribution in [3.8, 4) is 51.4 Å². The fraction of sp³-hybridized carbons (Fsp3) is 0.0952. The second-order valence-corrected chi connectivity index (χ2v) is 12.0. The van der Waals surface area contributed by atoms with Crippen LogP contribution in [0.15, 0.2) is 122 Å². The Labute approximate surface area is 305 Å². The molecule has 0 aliphatic heterocycles. The van der Waals surface area contributed by atoms with Gasteiger partial charge in [-0.15, -0.1) is 29.7 Å². The van der Waals surface area contributed by atoms with Crippen molar-refractivity contribution >= 4 is 21.8 Å². The van der Waals surface area contributed by atoms with Crippen LogP contribution in [-0.4, -0.2) is 26.4 Å². The van der Waals surface area contributed by atoms with E-state index in [9.17, 15) is 0 Å². The van der Waals surface area contributed by atoms with E-state index in [1.165, 1.54) is 0 Å². The Hall–Kier alpha value is -5.65. The third kappa shape index (κ3) is 6.28. The van der Waals surface area contributed by atoms with Gasteiger partial charge in [0.2, 0.25) is 0 Å². The van der Waals surface area contributed by atoms with Crippen molar-refractivity contribution in [3.63, 3.8) is 0 Å². The molecule has 5 aromatic carbocycles. The smallest absolute Gasteiger partial charge is 0.522 e. The van der Waals surface area contributed by atoms with Crippen LogP contribution in [0.4, 0.5) is 0 Å². The molecule has 248 valence electrons. The second-order valence-electron chi connectivity index (χ2n) is 12.0. The fourth-order valence-corrected chi connectivity index (χ4v) is 6.38. The van der Waals surface area contributed by atoms with Crippen LogP contribution in [0, 0.1) is 32.9 Å². The molecule has 0 bridgehead atoms. The van der Waals surface area contributed by atoms with E-state index in [0.29, 0.717) is 22.9 Å². The van der Waals surface area contributed by atoms with Crippen molar-refractivity contribution in [2.75, 3.05) is 7.11 Å². The van der Waals surface area contributed by atoms with Crippen molar-refractivity contribution in [2.45, 2.75) is 20.8 Å². The molecule has 50 heavy (non-hydrogen) atoms. The van der Waals surface area contributed by atoms with Gasteiger partial charge in [-0.1, -0.05) is 48.0 Å². The summed E-state index contributed by atoms with van der Waals surface area (Å²) in [5.74, 6) is 4.07. The summed E-state index contributed by atoms with van der Waals surface area (Å²) in [6.45, 7) is 6.24. The molecule has 3 aromatic heterocycles. The van der Waals surface area contributed by atoms with Crippen LogP contribution < -0.4 is 14.2 Å². The van der Waals surface area contributed by atoms with Gasteiger partial charge in [0, 0.05) is 40.7 Å². The van der Waals surface area contributed by atoms with E-state index in [4.69, 9.17) is 19.3 Å². The number of para-hydroxylation sites is 2. The molecule has 0 radical (unpaired) electrons. The van der Waals surface area contributed by atoms with Gasteiger partial charge in [-0.25, -0.2) is 4.98 Å². The number of aryl methyl sites for hydroxylation is 3. The van der Waals surface area contributed by atoms with Crippen molar-refractivity contribution in [1.82, 2.24) is 19.3 Å². The van der Waals surface area contributed by atoms with E-state index in [1.54, 1.807) is 11.8 Å². The number of aromatic nitrogens is 4. The predicted molar refractivity (Wildman–Crippen MR) is 193 cm³/mol. The maximum Gasteiger partial charge on any atom is 2.00 e. The standard InChI is InChI=1S/C42H32N4O3.Pt/c1-27-16-17-43-41(18-27)46-39-13-9-8-12-37(39)38-15-14-33(24-40(38)46)49-36-22-31(21-34(23-36)47-4)45-26-30(25-44-45)42-28(2)19-35(20-29(42)3)48-32-10-6-5-7-11-32;/h5-21,23,25-26H,1-4H3;/q-2;+2. The minimum absolute atomic E-state index is 0. The van der Waals surface area contributed by atoms with Crippen LogP contribution in [-0.2, 0) is 21.1 Å². The Bertz CT molecular complexity index is 2460. The zero-order valence-corrected chi connectivity index (χ0v) is 30.1. The number of methoxy groups -OCH3 is 1. The van der Waals surface area contributed by atoms with Gasteiger partial charge in [0.25, 0.3) is 0 Å². The minimum Gasteiger partial charge on any atom is -0.522 e. The molecule has 0 N–H and O–H groups in total. The summed E-state index contributed by atoms with van der Waals surface area (Å²) in [6.07, 6.45) is 5.69. The van der Waals surface area contributed by atoms with Crippen LogP contribution in [0.1, 0.15) is 16.7 Å². The average Bonchev–Trinajstić information content (AvgIpc) is 3.71. The van der Waals surface area contributed by atoms with E-state index in [-0.39, 0.29) is 21.1 Å². The zero-order chi connectivity index (χ0) is 33.5. The Kier molecular flexibility index (Phi) is 9.00. The number of hydrogen-bond acceptors (Lipinski definition) is 5. The second kappa shape index (κ2) is 13.7. The minimum atomic E-state index is 0. The van der Waals surface area contributed by atoms with E-state index < -0.39 is 0 Å². The molecule has 7 nitrogen and oxygen atoms in total. The molecule has 0 atom stereocenters. The Morgan fingerprint density at radius 1 is 0.680 bits per heavy atom. The first-order valence-corrected chi connectivity index (χ1v) is 16.0. The molecular weight excluding hydrogens is 804 g/mol. The first kappa shape index (κ1) is 32.9. The van der Waals surface area contributed by atoms with E-state index in [1.807, 2.05) is 85.3 Å². The maximum atomic E-state index is 6.41.